The molecular weight excluding hydrogens is 434 g/mol. The van der Waals surface area contributed by atoms with Gasteiger partial charge in [0.15, 0.2) is 0 Å². The average Bonchev–Trinajstić information content (AvgIpc) is 3.30. The fourth-order valence-corrected chi connectivity index (χ4v) is 4.62. The standard InChI is InChI=1S/C22H23N3O4S2/c26-21(13-5-10-19-11-6-14-30-19)24-25-22(27)18-9-4-12-20(15-18)31(28,29)23-16-17-7-2-1-3-8-17/h1-4,6-9,11-12,14-15,23H,5,10,13,16H2,(H,24,26)(H,25,27). The summed E-state index contributed by atoms with van der Waals surface area (Å²) < 4.78 is 27.6. The lowest BCUT2D eigenvalue weighted by molar-refractivity contribution is -0.121. The van der Waals surface area contributed by atoms with Gasteiger partial charge in [0.05, 0.1) is 4.90 Å². The maximum Gasteiger partial charge on any atom is 0.269 e. The van der Waals surface area contributed by atoms with Gasteiger partial charge in [0, 0.05) is 23.4 Å². The quantitative estimate of drug-likeness (QED) is 0.430. The van der Waals surface area contributed by atoms with Crippen molar-refractivity contribution < 1.29 is 18.0 Å². The van der Waals surface area contributed by atoms with Crippen LogP contribution in [-0.2, 0) is 27.8 Å². The summed E-state index contributed by atoms with van der Waals surface area (Å²) in [5.41, 5.74) is 5.64. The van der Waals surface area contributed by atoms with Crippen LogP contribution in [0.5, 0.6) is 0 Å². The molecule has 31 heavy (non-hydrogen) atoms. The molecule has 3 aromatic rings. The smallest absolute Gasteiger partial charge is 0.269 e. The van der Waals surface area contributed by atoms with Gasteiger partial charge in [-0.25, -0.2) is 13.1 Å². The molecule has 0 aliphatic rings. The van der Waals surface area contributed by atoms with Crippen molar-refractivity contribution in [3.05, 3.63) is 88.1 Å². The second kappa shape index (κ2) is 10.9. The van der Waals surface area contributed by atoms with Crippen molar-refractivity contribution >= 4 is 33.2 Å². The van der Waals surface area contributed by atoms with Gasteiger partial charge in [0.25, 0.3) is 5.91 Å². The van der Waals surface area contributed by atoms with Crippen molar-refractivity contribution in [1.29, 1.82) is 0 Å². The van der Waals surface area contributed by atoms with E-state index in [0.29, 0.717) is 6.42 Å². The first-order valence-electron chi connectivity index (χ1n) is 9.69. The van der Waals surface area contributed by atoms with Gasteiger partial charge in [0.2, 0.25) is 15.9 Å². The minimum absolute atomic E-state index is 0.0293. The van der Waals surface area contributed by atoms with Gasteiger partial charge >= 0.3 is 0 Å². The lowest BCUT2D eigenvalue weighted by Gasteiger charge is -2.10. The maximum absolute atomic E-state index is 12.6. The molecular formula is C22H23N3O4S2. The van der Waals surface area contributed by atoms with Crippen LogP contribution < -0.4 is 15.6 Å². The van der Waals surface area contributed by atoms with Crippen LogP contribution in [0.15, 0.2) is 77.0 Å². The van der Waals surface area contributed by atoms with E-state index in [2.05, 4.69) is 15.6 Å². The van der Waals surface area contributed by atoms with E-state index in [1.807, 2.05) is 47.8 Å². The van der Waals surface area contributed by atoms with Crippen molar-refractivity contribution in [2.75, 3.05) is 0 Å². The van der Waals surface area contributed by atoms with Crippen LogP contribution in [0.4, 0.5) is 0 Å². The molecule has 162 valence electrons. The number of thiophene rings is 1. The first-order valence-corrected chi connectivity index (χ1v) is 12.1. The van der Waals surface area contributed by atoms with Gasteiger partial charge in [-0.15, -0.1) is 11.3 Å². The van der Waals surface area contributed by atoms with E-state index < -0.39 is 15.9 Å². The molecule has 1 heterocycles. The Morgan fingerprint density at radius 3 is 2.45 bits per heavy atom. The Balaban J connectivity index is 1.51. The summed E-state index contributed by atoms with van der Waals surface area (Å²) in [5.74, 6) is -0.898. The zero-order valence-corrected chi connectivity index (χ0v) is 18.3. The number of carbonyl (C=O) groups excluding carboxylic acids is 2. The van der Waals surface area contributed by atoms with Gasteiger partial charge in [-0.2, -0.15) is 0 Å². The summed E-state index contributed by atoms with van der Waals surface area (Å²) in [6.07, 6.45) is 1.74. The van der Waals surface area contributed by atoms with Crippen LogP contribution in [0.2, 0.25) is 0 Å². The summed E-state index contributed by atoms with van der Waals surface area (Å²) in [6.45, 7) is 0.140. The highest BCUT2D eigenvalue weighted by Crippen LogP contribution is 2.13. The number of hydrogen-bond donors (Lipinski definition) is 3. The van der Waals surface area contributed by atoms with E-state index in [1.165, 1.54) is 29.1 Å². The van der Waals surface area contributed by atoms with Crippen LogP contribution in [0.25, 0.3) is 0 Å². The Morgan fingerprint density at radius 2 is 1.71 bits per heavy atom. The van der Waals surface area contributed by atoms with Gasteiger partial charge in [0.1, 0.15) is 0 Å². The van der Waals surface area contributed by atoms with Crippen molar-refractivity contribution in [3.8, 4) is 0 Å². The Hall–Kier alpha value is -3.01. The van der Waals surface area contributed by atoms with Gasteiger partial charge in [-0.05, 0) is 48.1 Å². The SMILES string of the molecule is O=C(CCCc1cccs1)NNC(=O)c1cccc(S(=O)(=O)NCc2ccccc2)c1. The van der Waals surface area contributed by atoms with Crippen molar-refractivity contribution in [1.82, 2.24) is 15.6 Å². The first-order chi connectivity index (χ1) is 14.9. The zero-order chi connectivity index (χ0) is 22.1. The third-order valence-electron chi connectivity index (χ3n) is 4.44. The molecule has 0 saturated heterocycles. The zero-order valence-electron chi connectivity index (χ0n) is 16.7. The molecule has 0 aliphatic heterocycles. The Labute approximate surface area is 185 Å². The number of hydrogen-bond acceptors (Lipinski definition) is 5. The minimum atomic E-state index is -3.80. The molecule has 0 unspecified atom stereocenters. The highest BCUT2D eigenvalue weighted by atomic mass is 32.2. The molecule has 0 bridgehead atoms. The molecule has 0 aliphatic carbocycles. The molecule has 7 nitrogen and oxygen atoms in total. The fraction of sp³-hybridized carbons (Fsp3) is 0.182. The molecule has 0 spiro atoms. The van der Waals surface area contributed by atoms with Crippen molar-refractivity contribution in [3.63, 3.8) is 0 Å². The van der Waals surface area contributed by atoms with Crippen LogP contribution in [0, 0.1) is 0 Å². The van der Waals surface area contributed by atoms with E-state index in [-0.39, 0.29) is 29.3 Å². The molecule has 2 aromatic carbocycles. The van der Waals surface area contributed by atoms with E-state index in [1.54, 1.807) is 11.3 Å². The molecule has 9 heteroatoms. The summed E-state index contributed by atoms with van der Waals surface area (Å²) >= 11 is 1.64. The number of hydrazine groups is 1. The lowest BCUT2D eigenvalue weighted by atomic mass is 10.2. The van der Waals surface area contributed by atoms with Crippen molar-refractivity contribution in [2.24, 2.45) is 0 Å². The fourth-order valence-electron chi connectivity index (χ4n) is 2.80. The molecule has 3 rings (SSSR count). The van der Waals surface area contributed by atoms with E-state index in [0.717, 1.165) is 12.0 Å². The number of sulfonamides is 1. The molecule has 0 saturated carbocycles. The van der Waals surface area contributed by atoms with Crippen LogP contribution >= 0.6 is 11.3 Å². The normalized spacial score (nSPS) is 11.1. The second-order valence-corrected chi connectivity index (χ2v) is 9.57. The number of aryl methyl sites for hydroxylation is 1. The predicted molar refractivity (Wildman–Crippen MR) is 120 cm³/mol. The monoisotopic (exact) mass is 457 g/mol. The molecule has 3 N–H and O–H groups in total. The predicted octanol–water partition coefficient (Wildman–Crippen LogP) is 3.01. The van der Waals surface area contributed by atoms with Crippen LogP contribution in [0.1, 0.15) is 33.6 Å². The van der Waals surface area contributed by atoms with Crippen LogP contribution in [0.3, 0.4) is 0 Å². The summed E-state index contributed by atoms with van der Waals surface area (Å²) in [4.78, 5) is 25.4. The number of carbonyl (C=O) groups is 2. The minimum Gasteiger partial charge on any atom is -0.273 e. The lowest BCUT2D eigenvalue weighted by Crippen LogP contribution is -2.41. The Morgan fingerprint density at radius 1 is 0.903 bits per heavy atom. The number of nitrogens with one attached hydrogen (secondary N) is 3. The van der Waals surface area contributed by atoms with Crippen LogP contribution in [-0.4, -0.2) is 20.2 Å². The van der Waals surface area contributed by atoms with Gasteiger partial charge in [-0.3, -0.25) is 20.4 Å². The largest absolute Gasteiger partial charge is 0.273 e. The molecule has 2 amide bonds. The summed E-state index contributed by atoms with van der Waals surface area (Å²) in [7, 11) is -3.80. The van der Waals surface area contributed by atoms with Gasteiger partial charge < -0.3 is 0 Å². The van der Waals surface area contributed by atoms with E-state index in [9.17, 15) is 18.0 Å². The number of amides is 2. The molecule has 0 fully saturated rings. The third-order valence-corrected chi connectivity index (χ3v) is 6.77. The second-order valence-electron chi connectivity index (χ2n) is 6.77. The summed E-state index contributed by atoms with van der Waals surface area (Å²) in [5, 5.41) is 1.99. The third kappa shape index (κ3) is 7.02. The Kier molecular flexibility index (Phi) is 7.94. The molecule has 1 aromatic heterocycles. The highest BCUT2D eigenvalue weighted by molar-refractivity contribution is 7.89. The van der Waals surface area contributed by atoms with E-state index >= 15 is 0 Å². The maximum atomic E-state index is 12.6. The highest BCUT2D eigenvalue weighted by Gasteiger charge is 2.16. The molecule has 0 radical (unpaired) electrons. The van der Waals surface area contributed by atoms with E-state index in [4.69, 9.17) is 0 Å². The number of benzene rings is 2. The summed E-state index contributed by atoms with van der Waals surface area (Å²) in [6, 6.07) is 18.7. The van der Waals surface area contributed by atoms with Gasteiger partial charge in [-0.1, -0.05) is 42.5 Å². The Bertz CT molecular complexity index is 1110. The first kappa shape index (κ1) is 22.7. The molecule has 0 atom stereocenters. The number of rotatable bonds is 9. The average molecular weight is 458 g/mol. The van der Waals surface area contributed by atoms with Crippen molar-refractivity contribution in [2.45, 2.75) is 30.7 Å². The topological polar surface area (TPSA) is 104 Å².